The zero-order valence-electron chi connectivity index (χ0n) is 35.8. The first-order valence-corrected chi connectivity index (χ1v) is 24.1. The Labute approximate surface area is 329 Å². The highest BCUT2D eigenvalue weighted by atomic mass is 31.2. The molecule has 0 spiro atoms. The van der Waals surface area contributed by atoms with Gasteiger partial charge in [-0.15, -0.1) is 0 Å². The topological polar surface area (TPSA) is 105 Å². The molecule has 53 heavy (non-hydrogen) atoms. The van der Waals surface area contributed by atoms with E-state index in [9.17, 15) is 19.4 Å². The average Bonchev–Trinajstić information content (AvgIpc) is 3.10. The molecule has 0 aromatic carbocycles. The number of carbonyl (C=O) groups excluding carboxylic acids is 1. The van der Waals surface area contributed by atoms with Crippen molar-refractivity contribution in [1.29, 1.82) is 0 Å². The van der Waals surface area contributed by atoms with Gasteiger partial charge in [0.05, 0.1) is 39.9 Å². The molecule has 9 heteroatoms. The zero-order chi connectivity index (χ0) is 39.3. The number of hydrogen-bond acceptors (Lipinski definition) is 5. The Morgan fingerprint density at radius 3 is 1.40 bits per heavy atom. The number of allylic oxidation sites excluding steroid dienone is 1. The lowest BCUT2D eigenvalue weighted by Crippen LogP contribution is -2.45. The Morgan fingerprint density at radius 2 is 1.00 bits per heavy atom. The standard InChI is InChI=1S/C44H89N2O6P/c1-6-8-10-12-14-16-18-20-21-22-23-24-26-27-29-31-33-35-37-43(47)42(41-52-53(49,50)51-40-39-46(3,4)5)45-44(48)38-36-34-32-30-28-25-19-17-15-13-11-9-7-2/h35,37,42-43,47H,6-34,36,38-41H2,1-5H3,(H-,45,48,49,50)/p+1/b37-35+. The van der Waals surface area contributed by atoms with Crippen molar-refractivity contribution >= 4 is 13.7 Å². The number of unbranched alkanes of at least 4 members (excludes halogenated alkanes) is 28. The second-order valence-electron chi connectivity index (χ2n) is 16.8. The van der Waals surface area contributed by atoms with E-state index in [2.05, 4.69) is 19.2 Å². The molecule has 0 radical (unpaired) electrons. The third-order valence-electron chi connectivity index (χ3n) is 10.3. The van der Waals surface area contributed by atoms with Crippen LogP contribution in [0, 0.1) is 0 Å². The number of aliphatic hydroxyl groups excluding tert-OH is 1. The van der Waals surface area contributed by atoms with Gasteiger partial charge in [-0.25, -0.2) is 4.57 Å². The number of carbonyl (C=O) groups is 1. The monoisotopic (exact) mass is 774 g/mol. The van der Waals surface area contributed by atoms with Crippen LogP contribution in [-0.2, 0) is 18.4 Å². The van der Waals surface area contributed by atoms with E-state index in [-0.39, 0.29) is 19.1 Å². The Morgan fingerprint density at radius 1 is 0.623 bits per heavy atom. The molecule has 0 aliphatic rings. The van der Waals surface area contributed by atoms with E-state index in [1.165, 1.54) is 161 Å². The van der Waals surface area contributed by atoms with Crippen LogP contribution in [0.4, 0.5) is 0 Å². The maximum absolute atomic E-state index is 12.8. The number of hydrogen-bond donors (Lipinski definition) is 3. The fourth-order valence-electron chi connectivity index (χ4n) is 6.63. The van der Waals surface area contributed by atoms with Crippen LogP contribution in [0.2, 0.25) is 0 Å². The largest absolute Gasteiger partial charge is 0.472 e. The molecule has 0 aromatic heterocycles. The number of rotatable bonds is 41. The average molecular weight is 774 g/mol. The van der Waals surface area contributed by atoms with E-state index in [4.69, 9.17) is 9.05 Å². The first-order chi connectivity index (χ1) is 25.5. The van der Waals surface area contributed by atoms with Crippen LogP contribution in [0.25, 0.3) is 0 Å². The third kappa shape index (κ3) is 39.3. The lowest BCUT2D eigenvalue weighted by Gasteiger charge is -2.25. The molecule has 316 valence electrons. The Hall–Kier alpha value is -0.760. The normalized spacial score (nSPS) is 14.5. The minimum atomic E-state index is -4.33. The molecule has 0 fully saturated rings. The number of likely N-dealkylation sites (N-methyl/N-ethyl adjacent to an activating group) is 1. The quantitative estimate of drug-likeness (QED) is 0.0247. The number of phosphoric acid groups is 1. The van der Waals surface area contributed by atoms with Gasteiger partial charge in [-0.05, 0) is 19.3 Å². The molecule has 0 saturated carbocycles. The van der Waals surface area contributed by atoms with E-state index in [1.807, 2.05) is 27.2 Å². The van der Waals surface area contributed by atoms with Gasteiger partial charge in [0.1, 0.15) is 13.2 Å². The highest BCUT2D eigenvalue weighted by molar-refractivity contribution is 7.47. The molecule has 1 amide bonds. The van der Waals surface area contributed by atoms with Gasteiger partial charge in [-0.1, -0.05) is 199 Å². The van der Waals surface area contributed by atoms with Crippen LogP contribution >= 0.6 is 7.82 Å². The number of phosphoric ester groups is 1. The first kappa shape index (κ1) is 52.2. The summed E-state index contributed by atoms with van der Waals surface area (Å²) < 4.78 is 23.6. The van der Waals surface area contributed by atoms with E-state index >= 15 is 0 Å². The van der Waals surface area contributed by atoms with Crippen LogP contribution in [0.3, 0.4) is 0 Å². The molecular weight excluding hydrogens is 683 g/mol. The van der Waals surface area contributed by atoms with Crippen LogP contribution in [0.5, 0.6) is 0 Å². The van der Waals surface area contributed by atoms with Gasteiger partial charge < -0.3 is 19.8 Å². The summed E-state index contributed by atoms with van der Waals surface area (Å²) in [4.78, 5) is 23.1. The van der Waals surface area contributed by atoms with Crippen molar-refractivity contribution in [3.8, 4) is 0 Å². The molecule has 0 heterocycles. The summed E-state index contributed by atoms with van der Waals surface area (Å²) in [5.74, 6) is -0.175. The first-order valence-electron chi connectivity index (χ1n) is 22.6. The van der Waals surface area contributed by atoms with Crippen molar-refractivity contribution in [2.45, 2.75) is 225 Å². The summed E-state index contributed by atoms with van der Waals surface area (Å²) in [6.07, 6.45) is 41.3. The number of nitrogens with zero attached hydrogens (tertiary/aromatic N) is 1. The molecule has 0 aliphatic heterocycles. The SMILES string of the molecule is CCCCCCCCCCCCCCCCCC/C=C/C(O)C(COP(=O)(O)OCC[N+](C)(C)C)NC(=O)CCCCCCCCCCCCCCC. The summed E-state index contributed by atoms with van der Waals surface area (Å²) in [5.41, 5.74) is 0. The minimum Gasteiger partial charge on any atom is -0.387 e. The molecule has 0 rings (SSSR count). The van der Waals surface area contributed by atoms with Gasteiger partial charge in [0.2, 0.25) is 5.91 Å². The Kier molecular flexibility index (Phi) is 36.3. The predicted molar refractivity (Wildman–Crippen MR) is 226 cm³/mol. The highest BCUT2D eigenvalue weighted by Crippen LogP contribution is 2.43. The molecule has 0 aliphatic carbocycles. The Bertz CT molecular complexity index is 880. The number of quaternary nitrogens is 1. The molecule has 0 aromatic rings. The van der Waals surface area contributed by atoms with Crippen LogP contribution in [0.15, 0.2) is 12.2 Å². The minimum absolute atomic E-state index is 0.0646. The van der Waals surface area contributed by atoms with Gasteiger partial charge >= 0.3 is 7.82 Å². The summed E-state index contributed by atoms with van der Waals surface area (Å²) >= 11 is 0. The molecule has 3 unspecified atom stereocenters. The van der Waals surface area contributed by atoms with Crippen molar-refractivity contribution in [1.82, 2.24) is 5.32 Å². The van der Waals surface area contributed by atoms with E-state index in [0.717, 1.165) is 32.1 Å². The number of amides is 1. The highest BCUT2D eigenvalue weighted by Gasteiger charge is 2.27. The number of aliphatic hydroxyl groups is 1. The van der Waals surface area contributed by atoms with Crippen LogP contribution in [0.1, 0.15) is 213 Å². The van der Waals surface area contributed by atoms with Crippen LogP contribution in [-0.4, -0.2) is 73.4 Å². The fourth-order valence-corrected chi connectivity index (χ4v) is 7.37. The Balaban J connectivity index is 4.39. The summed E-state index contributed by atoms with van der Waals surface area (Å²) in [7, 11) is 1.58. The maximum Gasteiger partial charge on any atom is 0.472 e. The summed E-state index contributed by atoms with van der Waals surface area (Å²) in [5, 5.41) is 13.8. The van der Waals surface area contributed by atoms with E-state index in [1.54, 1.807) is 6.08 Å². The van der Waals surface area contributed by atoms with Gasteiger partial charge in [-0.3, -0.25) is 13.8 Å². The van der Waals surface area contributed by atoms with Crippen molar-refractivity contribution < 1.29 is 32.9 Å². The van der Waals surface area contributed by atoms with Gasteiger partial charge in [0.15, 0.2) is 0 Å². The molecule has 3 atom stereocenters. The fraction of sp³-hybridized carbons (Fsp3) is 0.932. The molecule has 0 saturated heterocycles. The second kappa shape index (κ2) is 36.9. The molecular formula is C44H90N2O6P+. The lowest BCUT2D eigenvalue weighted by atomic mass is 10.0. The molecule has 3 N–H and O–H groups in total. The predicted octanol–water partition coefficient (Wildman–Crippen LogP) is 12.4. The van der Waals surface area contributed by atoms with Crippen LogP contribution < -0.4 is 5.32 Å². The summed E-state index contributed by atoms with van der Waals surface area (Å²) in [6, 6.07) is -0.839. The van der Waals surface area contributed by atoms with Gasteiger partial charge in [0.25, 0.3) is 0 Å². The maximum atomic E-state index is 12.8. The zero-order valence-corrected chi connectivity index (χ0v) is 36.7. The van der Waals surface area contributed by atoms with Crippen molar-refractivity contribution in [3.05, 3.63) is 12.2 Å². The van der Waals surface area contributed by atoms with Gasteiger partial charge in [-0.2, -0.15) is 0 Å². The van der Waals surface area contributed by atoms with E-state index < -0.39 is 20.0 Å². The second-order valence-corrected chi connectivity index (χ2v) is 18.2. The molecule has 0 bridgehead atoms. The van der Waals surface area contributed by atoms with E-state index in [0.29, 0.717) is 17.4 Å². The lowest BCUT2D eigenvalue weighted by molar-refractivity contribution is -0.870. The van der Waals surface area contributed by atoms with Crippen molar-refractivity contribution in [2.75, 3.05) is 40.9 Å². The number of nitrogens with one attached hydrogen (secondary N) is 1. The van der Waals surface area contributed by atoms with Crippen molar-refractivity contribution in [2.24, 2.45) is 0 Å². The summed E-state index contributed by atoms with van der Waals surface area (Å²) in [6.45, 7) is 4.83. The third-order valence-corrected chi connectivity index (χ3v) is 11.2. The van der Waals surface area contributed by atoms with Gasteiger partial charge in [0, 0.05) is 6.42 Å². The van der Waals surface area contributed by atoms with Crippen molar-refractivity contribution in [3.63, 3.8) is 0 Å². The smallest absolute Gasteiger partial charge is 0.387 e. The molecule has 8 nitrogen and oxygen atoms in total.